The summed E-state index contributed by atoms with van der Waals surface area (Å²) in [7, 11) is 2.38. The third kappa shape index (κ3) is 14.3. The normalized spacial score (nSPS) is 12.7. The monoisotopic (exact) mass is 266 g/mol. The molecule has 0 heterocycles. The molecule has 114 valence electrons. The molecule has 1 atom stereocenters. The fourth-order valence-corrected chi connectivity index (χ4v) is 2.98. The van der Waals surface area contributed by atoms with E-state index in [4.69, 9.17) is 0 Å². The number of hydrogen-bond donors (Lipinski definition) is 0. The van der Waals surface area contributed by atoms with Gasteiger partial charge in [0.25, 0.3) is 0 Å². The average molecular weight is 266 g/mol. The minimum absolute atomic E-state index is 1.02. The van der Waals surface area contributed by atoms with Crippen molar-refractivity contribution < 1.29 is 0 Å². The third-order valence-corrected chi connectivity index (χ3v) is 4.51. The largest absolute Gasteiger partial charge is 0.101 e. The van der Waals surface area contributed by atoms with E-state index in [0.717, 1.165) is 5.92 Å². The molecule has 19 heavy (non-hydrogen) atoms. The lowest BCUT2D eigenvalue weighted by Gasteiger charge is -2.14. The Labute approximate surface area is 124 Å². The van der Waals surface area contributed by atoms with Crippen LogP contribution in [0.3, 0.4) is 0 Å². The molecule has 0 amide bonds. The van der Waals surface area contributed by atoms with E-state index in [1.54, 1.807) is 0 Å². The highest BCUT2D eigenvalue weighted by molar-refractivity contribution is 6.08. The van der Waals surface area contributed by atoms with Gasteiger partial charge in [0.05, 0.1) is 0 Å². The molecular weight excluding hydrogens is 227 g/mol. The van der Waals surface area contributed by atoms with Crippen molar-refractivity contribution in [3.63, 3.8) is 0 Å². The standard InChI is InChI=1S/C18H39B/c1-3-5-7-8-9-10-11-12-14-16-18(17-19)15-13-6-4-2/h18H,3-17,19H2,1-2H3. The first kappa shape index (κ1) is 19.1. The van der Waals surface area contributed by atoms with Crippen molar-refractivity contribution in [3.05, 3.63) is 0 Å². The van der Waals surface area contributed by atoms with Crippen molar-refractivity contribution >= 4 is 7.85 Å². The first-order valence-corrected chi connectivity index (χ1v) is 9.35. The van der Waals surface area contributed by atoms with E-state index in [0.29, 0.717) is 0 Å². The van der Waals surface area contributed by atoms with Crippen LogP contribution in [0, 0.1) is 5.92 Å². The second kappa shape index (κ2) is 16.1. The van der Waals surface area contributed by atoms with Crippen LogP contribution in [-0.2, 0) is 0 Å². The maximum atomic E-state index is 2.38. The summed E-state index contributed by atoms with van der Waals surface area (Å²) in [5, 5.41) is 0. The zero-order valence-electron chi connectivity index (χ0n) is 14.2. The molecule has 1 unspecified atom stereocenters. The van der Waals surface area contributed by atoms with Crippen molar-refractivity contribution in [3.8, 4) is 0 Å². The van der Waals surface area contributed by atoms with Gasteiger partial charge in [-0.3, -0.25) is 0 Å². The Morgan fingerprint density at radius 2 is 0.947 bits per heavy atom. The fraction of sp³-hybridized carbons (Fsp3) is 1.00. The molecule has 0 N–H and O–H groups in total. The summed E-state index contributed by atoms with van der Waals surface area (Å²) in [6.45, 7) is 4.60. The van der Waals surface area contributed by atoms with Gasteiger partial charge in [0.1, 0.15) is 7.85 Å². The summed E-state index contributed by atoms with van der Waals surface area (Å²) in [6, 6.07) is 0. The predicted molar refractivity (Wildman–Crippen MR) is 92.8 cm³/mol. The first-order valence-electron chi connectivity index (χ1n) is 9.35. The van der Waals surface area contributed by atoms with Crippen LogP contribution in [-0.4, -0.2) is 7.85 Å². The second-order valence-corrected chi connectivity index (χ2v) is 6.39. The van der Waals surface area contributed by atoms with Gasteiger partial charge in [-0.2, -0.15) is 0 Å². The van der Waals surface area contributed by atoms with E-state index < -0.39 is 0 Å². The Kier molecular flexibility index (Phi) is 16.2. The van der Waals surface area contributed by atoms with Crippen molar-refractivity contribution in [2.24, 2.45) is 5.92 Å². The maximum Gasteiger partial charge on any atom is 0.101 e. The molecule has 0 nitrogen and oxygen atoms in total. The number of hydrogen-bond acceptors (Lipinski definition) is 0. The van der Waals surface area contributed by atoms with Crippen LogP contribution in [0.15, 0.2) is 0 Å². The van der Waals surface area contributed by atoms with E-state index in [2.05, 4.69) is 21.7 Å². The zero-order valence-corrected chi connectivity index (χ0v) is 14.2. The van der Waals surface area contributed by atoms with Crippen molar-refractivity contribution in [1.82, 2.24) is 0 Å². The zero-order chi connectivity index (χ0) is 14.2. The predicted octanol–water partition coefficient (Wildman–Crippen LogP) is 6.16. The van der Waals surface area contributed by atoms with E-state index >= 15 is 0 Å². The summed E-state index contributed by atoms with van der Waals surface area (Å²) in [6.07, 6.45) is 21.8. The molecular formula is C18H39B. The molecule has 0 aromatic heterocycles. The molecule has 0 saturated carbocycles. The van der Waals surface area contributed by atoms with Gasteiger partial charge in [-0.05, 0) is 5.92 Å². The van der Waals surface area contributed by atoms with Crippen LogP contribution < -0.4 is 0 Å². The maximum absolute atomic E-state index is 2.38. The van der Waals surface area contributed by atoms with Crippen molar-refractivity contribution in [2.75, 3.05) is 0 Å². The Morgan fingerprint density at radius 3 is 1.42 bits per heavy atom. The van der Waals surface area contributed by atoms with E-state index in [-0.39, 0.29) is 0 Å². The quantitative estimate of drug-likeness (QED) is 0.246. The lowest BCUT2D eigenvalue weighted by molar-refractivity contribution is 0.436. The third-order valence-electron chi connectivity index (χ3n) is 4.51. The average Bonchev–Trinajstić information content (AvgIpc) is 2.43. The Balaban J connectivity index is 3.21. The second-order valence-electron chi connectivity index (χ2n) is 6.39. The van der Waals surface area contributed by atoms with Crippen LogP contribution in [0.2, 0.25) is 6.32 Å². The van der Waals surface area contributed by atoms with Crippen LogP contribution in [0.5, 0.6) is 0 Å². The van der Waals surface area contributed by atoms with Gasteiger partial charge in [0.2, 0.25) is 0 Å². The Morgan fingerprint density at radius 1 is 0.579 bits per heavy atom. The summed E-state index contributed by atoms with van der Waals surface area (Å²) in [5.41, 5.74) is 0. The molecule has 0 spiro atoms. The SMILES string of the molecule is BCC(CCCCC)CCCCCCCCCCC. The minimum Gasteiger partial charge on any atom is -0.0783 e. The Hall–Kier alpha value is 0.0649. The lowest BCUT2D eigenvalue weighted by atomic mass is 9.83. The lowest BCUT2D eigenvalue weighted by Crippen LogP contribution is -2.00. The minimum atomic E-state index is 1.02. The number of rotatable bonds is 15. The molecule has 0 aromatic rings. The molecule has 0 aliphatic heterocycles. The van der Waals surface area contributed by atoms with Gasteiger partial charge in [-0.1, -0.05) is 110 Å². The van der Waals surface area contributed by atoms with E-state index in [1.165, 1.54) is 96.2 Å². The van der Waals surface area contributed by atoms with Crippen LogP contribution in [0.4, 0.5) is 0 Å². The van der Waals surface area contributed by atoms with E-state index in [1.807, 2.05) is 0 Å². The highest BCUT2D eigenvalue weighted by atomic mass is 14.1. The first-order chi connectivity index (χ1) is 9.35. The van der Waals surface area contributed by atoms with Crippen LogP contribution in [0.1, 0.15) is 104 Å². The van der Waals surface area contributed by atoms with Crippen molar-refractivity contribution in [1.29, 1.82) is 0 Å². The van der Waals surface area contributed by atoms with Crippen LogP contribution >= 0.6 is 0 Å². The van der Waals surface area contributed by atoms with Gasteiger partial charge in [-0.25, -0.2) is 0 Å². The smallest absolute Gasteiger partial charge is 0.0783 e. The van der Waals surface area contributed by atoms with E-state index in [9.17, 15) is 0 Å². The molecule has 0 aliphatic carbocycles. The fourth-order valence-electron chi connectivity index (χ4n) is 2.98. The molecule has 0 radical (unpaired) electrons. The van der Waals surface area contributed by atoms with Gasteiger partial charge in [0, 0.05) is 0 Å². The van der Waals surface area contributed by atoms with Crippen LogP contribution in [0.25, 0.3) is 0 Å². The number of unbranched alkanes of at least 4 members (excludes halogenated alkanes) is 10. The van der Waals surface area contributed by atoms with Gasteiger partial charge >= 0.3 is 0 Å². The summed E-state index contributed by atoms with van der Waals surface area (Å²) in [4.78, 5) is 0. The molecule has 0 bridgehead atoms. The van der Waals surface area contributed by atoms with Gasteiger partial charge in [-0.15, -0.1) is 0 Å². The molecule has 0 aromatic carbocycles. The highest BCUT2D eigenvalue weighted by Gasteiger charge is 2.05. The molecule has 0 fully saturated rings. The summed E-state index contributed by atoms with van der Waals surface area (Å²) >= 11 is 0. The summed E-state index contributed by atoms with van der Waals surface area (Å²) in [5.74, 6) is 1.02. The van der Waals surface area contributed by atoms with Gasteiger partial charge in [0.15, 0.2) is 0 Å². The highest BCUT2D eigenvalue weighted by Crippen LogP contribution is 2.20. The molecule has 0 rings (SSSR count). The summed E-state index contributed by atoms with van der Waals surface area (Å²) < 4.78 is 0. The topological polar surface area (TPSA) is 0 Å². The molecule has 0 saturated heterocycles. The van der Waals surface area contributed by atoms with Crippen molar-refractivity contribution in [2.45, 2.75) is 110 Å². The Bertz CT molecular complexity index is 156. The molecule has 0 aliphatic rings. The van der Waals surface area contributed by atoms with Gasteiger partial charge < -0.3 is 0 Å². The molecule has 1 heteroatoms.